The van der Waals surface area contributed by atoms with E-state index in [2.05, 4.69) is 10.6 Å². The maximum atomic E-state index is 14.3. The first-order valence-electron chi connectivity index (χ1n) is 18.9. The molecule has 1 aromatic carbocycles. The van der Waals surface area contributed by atoms with Gasteiger partial charge in [0.2, 0.25) is 17.6 Å². The number of fused-ring (bicyclic) bond motifs is 1. The molecule has 1 unspecified atom stereocenters. The lowest BCUT2D eigenvalue weighted by Gasteiger charge is -2.38. The molecule has 52 heavy (non-hydrogen) atoms. The van der Waals surface area contributed by atoms with E-state index in [4.69, 9.17) is 23.4 Å². The quantitative estimate of drug-likeness (QED) is 0.265. The van der Waals surface area contributed by atoms with Gasteiger partial charge in [0, 0.05) is 37.1 Å². The van der Waals surface area contributed by atoms with Gasteiger partial charge in [0.25, 0.3) is 0 Å². The van der Waals surface area contributed by atoms with E-state index >= 15 is 0 Å². The Kier molecular flexibility index (Phi) is 12.1. The predicted molar refractivity (Wildman–Crippen MR) is 190 cm³/mol. The number of anilines is 1. The second-order valence-corrected chi connectivity index (χ2v) is 16.0. The Morgan fingerprint density at radius 1 is 0.962 bits per heavy atom. The summed E-state index contributed by atoms with van der Waals surface area (Å²) in [4.78, 5) is 55.4. The van der Waals surface area contributed by atoms with Crippen LogP contribution in [-0.4, -0.2) is 92.2 Å². The zero-order valence-corrected chi connectivity index (χ0v) is 30.8. The lowest BCUT2D eigenvalue weighted by molar-refractivity contribution is -0.142. The number of ether oxygens (including phenoxy) is 4. The van der Waals surface area contributed by atoms with Crippen LogP contribution in [0, 0.1) is 23.7 Å². The van der Waals surface area contributed by atoms with Gasteiger partial charge in [-0.3, -0.25) is 9.59 Å². The summed E-state index contributed by atoms with van der Waals surface area (Å²) in [6, 6.07) is 5.50. The van der Waals surface area contributed by atoms with Crippen molar-refractivity contribution < 1.29 is 46.9 Å². The van der Waals surface area contributed by atoms with Crippen LogP contribution >= 0.6 is 0 Å². The fourth-order valence-electron chi connectivity index (χ4n) is 8.64. The Morgan fingerprint density at radius 3 is 2.37 bits per heavy atom. The first-order valence-corrected chi connectivity index (χ1v) is 18.9. The molecule has 2 saturated heterocycles. The smallest absolute Gasteiger partial charge is 0.407 e. The minimum absolute atomic E-state index is 0.00522. The number of furan rings is 1. The number of alkyl halides is 1. The average Bonchev–Trinajstić information content (AvgIpc) is 3.90. The highest BCUT2D eigenvalue weighted by Crippen LogP contribution is 2.42. The third-order valence-electron chi connectivity index (χ3n) is 11.4. The van der Waals surface area contributed by atoms with E-state index in [1.54, 1.807) is 57.0 Å². The fourth-order valence-corrected chi connectivity index (χ4v) is 8.64. The Hall–Kier alpha value is -3.71. The molecule has 2 aliphatic heterocycles. The van der Waals surface area contributed by atoms with Crippen LogP contribution < -0.4 is 10.6 Å². The van der Waals surface area contributed by atoms with Gasteiger partial charge in [0.05, 0.1) is 25.4 Å². The molecule has 1 aromatic heterocycles. The second kappa shape index (κ2) is 16.5. The molecule has 4 aliphatic rings. The number of hydrogen-bond acceptors (Lipinski definition) is 9. The number of likely N-dealkylation sites (tertiary alicyclic amines) is 1. The minimum Gasteiger partial charge on any atom is -0.454 e. The monoisotopic (exact) mass is 727 g/mol. The van der Waals surface area contributed by atoms with E-state index in [1.165, 1.54) is 0 Å². The zero-order valence-electron chi connectivity index (χ0n) is 30.8. The number of benzene rings is 1. The third kappa shape index (κ3) is 9.07. The Bertz CT molecular complexity index is 1570. The number of nitrogens with zero attached hydrogens (tertiary/aromatic N) is 1. The van der Waals surface area contributed by atoms with Gasteiger partial charge in [0.1, 0.15) is 30.0 Å². The Balaban J connectivity index is 1.13. The van der Waals surface area contributed by atoms with Crippen molar-refractivity contribution >= 4 is 40.5 Å². The molecular formula is C39H54FN3O9. The molecule has 12 nitrogen and oxygen atoms in total. The van der Waals surface area contributed by atoms with Gasteiger partial charge in [-0.15, -0.1) is 0 Å². The summed E-state index contributed by atoms with van der Waals surface area (Å²) in [6.07, 6.45) is 6.66. The molecule has 2 aromatic rings. The molecule has 13 heteroatoms. The largest absolute Gasteiger partial charge is 0.454 e. The summed E-state index contributed by atoms with van der Waals surface area (Å²) in [5.74, 6) is -0.853. The summed E-state index contributed by atoms with van der Waals surface area (Å²) in [7, 11) is 1.74. The maximum absolute atomic E-state index is 14.3. The minimum atomic E-state index is -0.713. The summed E-state index contributed by atoms with van der Waals surface area (Å²) in [5.41, 5.74) is 0.341. The summed E-state index contributed by atoms with van der Waals surface area (Å²) >= 11 is 0. The highest BCUT2D eigenvalue weighted by molar-refractivity contribution is 6.00. The van der Waals surface area contributed by atoms with Crippen LogP contribution in [0.25, 0.3) is 11.0 Å². The number of carbonyl (C=O) groups excluding carboxylic acids is 4. The molecule has 0 radical (unpaired) electrons. The van der Waals surface area contributed by atoms with Crippen molar-refractivity contribution in [2.45, 2.75) is 115 Å². The van der Waals surface area contributed by atoms with Crippen LogP contribution in [0.4, 0.5) is 14.9 Å². The highest BCUT2D eigenvalue weighted by atomic mass is 19.1. The predicted octanol–water partition coefficient (Wildman–Crippen LogP) is 6.41. The molecule has 6 rings (SSSR count). The number of methoxy groups -OCH3 is 1. The van der Waals surface area contributed by atoms with Crippen molar-refractivity contribution in [2.24, 2.45) is 23.7 Å². The molecule has 4 atom stereocenters. The van der Waals surface area contributed by atoms with Gasteiger partial charge < -0.3 is 38.9 Å². The summed E-state index contributed by atoms with van der Waals surface area (Å²) < 4.78 is 41.6. The number of esters is 1. The fraction of sp³-hybridized carbons (Fsp3) is 0.692. The van der Waals surface area contributed by atoms with E-state index < -0.39 is 36.4 Å². The molecular weight excluding hydrogens is 673 g/mol. The number of nitrogens with one attached hydrogen (secondary N) is 2. The first-order chi connectivity index (χ1) is 24.9. The molecule has 4 fully saturated rings. The number of alkyl carbamates (subject to hydrolysis) is 1. The average molecular weight is 728 g/mol. The van der Waals surface area contributed by atoms with Gasteiger partial charge in [-0.25, -0.2) is 14.0 Å². The SMILES string of the molecule is CO[C@H]1CC[C@H]([C@@H]2CCN(C(=O)[C@H]3CC[C@H]([C@@H](CF)NC(=O)OC(C)(C)C)CC3)[C@@H]2C(=O)Nc2ccc3oc(C(=O)OC4CCOC4)cc3c2)CC1. The van der Waals surface area contributed by atoms with Crippen LogP contribution in [0.1, 0.15) is 95.5 Å². The van der Waals surface area contributed by atoms with Crippen molar-refractivity contribution in [3.05, 3.63) is 30.0 Å². The van der Waals surface area contributed by atoms with E-state index in [1.807, 2.05) is 0 Å². The van der Waals surface area contributed by atoms with Crippen molar-refractivity contribution in [1.29, 1.82) is 0 Å². The number of carbonyl (C=O) groups is 4. The second-order valence-electron chi connectivity index (χ2n) is 16.0. The number of rotatable bonds is 10. The van der Waals surface area contributed by atoms with Crippen molar-refractivity contribution in [1.82, 2.24) is 10.2 Å². The standard InChI is InChI=1S/C39H54FN3O9/c1-39(2,3)52-38(47)42-31(21-40)24-5-7-25(8-6-24)36(45)43-17-15-30(23-9-12-28(48-4)13-10-23)34(43)35(44)41-27-11-14-32-26(19-27)20-33(51-32)37(46)50-29-16-18-49-22-29/h11,14,19-20,23-25,28-31,34H,5-10,12-13,15-18,21-22H2,1-4H3,(H,41,44)(H,42,47)/t23-,24-,25-,28-,29?,30-,31+,34-/m0/s1. The van der Waals surface area contributed by atoms with Crippen molar-refractivity contribution in [2.75, 3.05) is 38.9 Å². The van der Waals surface area contributed by atoms with Gasteiger partial charge in [-0.1, -0.05) is 0 Å². The number of halogens is 1. The molecule has 2 N–H and O–H groups in total. The van der Waals surface area contributed by atoms with Crippen molar-refractivity contribution in [3.8, 4) is 0 Å². The lowest BCUT2D eigenvalue weighted by Crippen LogP contribution is -2.50. The van der Waals surface area contributed by atoms with Crippen LogP contribution in [0.5, 0.6) is 0 Å². The van der Waals surface area contributed by atoms with Gasteiger partial charge in [-0.2, -0.15) is 0 Å². The molecule has 2 saturated carbocycles. The molecule has 3 amide bonds. The van der Waals surface area contributed by atoms with Gasteiger partial charge in [-0.05, 0) is 121 Å². The van der Waals surface area contributed by atoms with Crippen LogP contribution in [0.2, 0.25) is 0 Å². The molecule has 0 spiro atoms. The number of hydrogen-bond donors (Lipinski definition) is 2. The third-order valence-corrected chi connectivity index (χ3v) is 11.4. The van der Waals surface area contributed by atoms with Crippen LogP contribution in [0.15, 0.2) is 28.7 Å². The molecule has 286 valence electrons. The Labute approximate surface area is 304 Å². The Morgan fingerprint density at radius 2 is 1.71 bits per heavy atom. The topological polar surface area (TPSA) is 146 Å². The van der Waals surface area contributed by atoms with Crippen molar-refractivity contribution in [3.63, 3.8) is 0 Å². The van der Waals surface area contributed by atoms with Crippen LogP contribution in [-0.2, 0) is 28.5 Å². The highest BCUT2D eigenvalue weighted by Gasteiger charge is 2.47. The van der Waals surface area contributed by atoms with Gasteiger partial charge in [0.15, 0.2) is 0 Å². The van der Waals surface area contributed by atoms with E-state index in [0.29, 0.717) is 68.5 Å². The molecule has 3 heterocycles. The summed E-state index contributed by atoms with van der Waals surface area (Å²) in [6.45, 7) is 5.99. The zero-order chi connectivity index (χ0) is 37.0. The van der Waals surface area contributed by atoms with E-state index in [-0.39, 0.29) is 53.5 Å². The summed E-state index contributed by atoms with van der Waals surface area (Å²) in [5, 5.41) is 6.42. The van der Waals surface area contributed by atoms with E-state index in [0.717, 1.165) is 32.1 Å². The molecule has 2 aliphatic carbocycles. The van der Waals surface area contributed by atoms with E-state index in [9.17, 15) is 23.6 Å². The normalized spacial score (nSPS) is 28.7. The maximum Gasteiger partial charge on any atom is 0.407 e. The lowest BCUT2D eigenvalue weighted by atomic mass is 9.75. The molecule has 0 bridgehead atoms. The number of amides is 3. The van der Waals surface area contributed by atoms with Gasteiger partial charge >= 0.3 is 12.1 Å². The van der Waals surface area contributed by atoms with Crippen LogP contribution in [0.3, 0.4) is 0 Å². The first kappa shape index (κ1) is 38.0.